The fourth-order valence-corrected chi connectivity index (χ4v) is 3.85. The Morgan fingerprint density at radius 1 is 0.926 bits per heavy atom. The van der Waals surface area contributed by atoms with Crippen molar-refractivity contribution in [3.8, 4) is 0 Å². The highest BCUT2D eigenvalue weighted by Crippen LogP contribution is 2.24. The molecule has 0 atom stereocenters. The summed E-state index contributed by atoms with van der Waals surface area (Å²) in [4.78, 5) is 9.62. The van der Waals surface area contributed by atoms with Gasteiger partial charge >= 0.3 is 0 Å². The number of halogens is 1. The van der Waals surface area contributed by atoms with Gasteiger partial charge in [-0.05, 0) is 54.8 Å². The van der Waals surface area contributed by atoms with Crippen LogP contribution in [0, 0.1) is 6.92 Å². The summed E-state index contributed by atoms with van der Waals surface area (Å²) in [7, 11) is 2.20. The minimum atomic E-state index is 0. The molecule has 1 saturated heterocycles. The molecule has 0 aliphatic carbocycles. The van der Waals surface area contributed by atoms with Crippen molar-refractivity contribution in [1.29, 1.82) is 0 Å². The summed E-state index contributed by atoms with van der Waals surface area (Å²) in [6.07, 6.45) is 4.06. The van der Waals surface area contributed by atoms with Gasteiger partial charge in [0.25, 0.3) is 0 Å². The van der Waals surface area contributed by atoms with E-state index in [0.29, 0.717) is 0 Å². The van der Waals surface area contributed by atoms with E-state index in [0.717, 1.165) is 39.0 Å². The standard InChI is InChI=1S/C23H27N3.ClH/c1-18-17-24-21(16-23(18)26-14-12-25(2)13-15-26)11-10-20-8-5-7-19-6-3-4-9-22(19)20;/h3-9,16-17H,10-15H2,1-2H3;1H. The SMILES string of the molecule is Cc1cnc(CCc2cccc3ccccc23)cc1N1CCN(C)CC1.Cl. The van der Waals surface area contributed by atoms with Crippen LogP contribution in [0.3, 0.4) is 0 Å². The highest BCUT2D eigenvalue weighted by Gasteiger charge is 2.16. The topological polar surface area (TPSA) is 19.4 Å². The molecule has 0 radical (unpaired) electrons. The highest BCUT2D eigenvalue weighted by atomic mass is 35.5. The zero-order chi connectivity index (χ0) is 17.9. The average molecular weight is 382 g/mol. The summed E-state index contributed by atoms with van der Waals surface area (Å²) < 4.78 is 0. The fraction of sp³-hybridized carbons (Fsp3) is 0.348. The Bertz CT molecular complexity index is 896. The summed E-state index contributed by atoms with van der Waals surface area (Å²) in [5.74, 6) is 0. The number of pyridine rings is 1. The van der Waals surface area contributed by atoms with Gasteiger partial charge < -0.3 is 9.80 Å². The molecule has 3 aromatic rings. The van der Waals surface area contributed by atoms with Gasteiger partial charge in [-0.25, -0.2) is 0 Å². The number of hydrogen-bond acceptors (Lipinski definition) is 3. The Balaban J connectivity index is 0.00000210. The van der Waals surface area contributed by atoms with Crippen LogP contribution >= 0.6 is 12.4 Å². The normalized spacial score (nSPS) is 15.0. The van der Waals surface area contributed by atoms with Crippen molar-refractivity contribution < 1.29 is 0 Å². The first-order chi connectivity index (χ1) is 12.7. The lowest BCUT2D eigenvalue weighted by Crippen LogP contribution is -2.44. The van der Waals surface area contributed by atoms with Gasteiger partial charge in [-0.15, -0.1) is 12.4 Å². The number of piperazine rings is 1. The monoisotopic (exact) mass is 381 g/mol. The Labute approximate surface area is 168 Å². The maximum Gasteiger partial charge on any atom is 0.0430 e. The summed E-state index contributed by atoms with van der Waals surface area (Å²) in [5.41, 5.74) is 5.24. The second-order valence-corrected chi connectivity index (χ2v) is 7.39. The molecule has 1 aromatic heterocycles. The molecular weight excluding hydrogens is 354 g/mol. The molecule has 0 unspecified atom stereocenters. The van der Waals surface area contributed by atoms with Crippen LogP contribution in [0.4, 0.5) is 5.69 Å². The Hall–Kier alpha value is -2.10. The van der Waals surface area contributed by atoms with E-state index in [9.17, 15) is 0 Å². The van der Waals surface area contributed by atoms with Gasteiger partial charge in [0.2, 0.25) is 0 Å². The summed E-state index contributed by atoms with van der Waals surface area (Å²) in [6, 6.07) is 17.6. The molecule has 0 amide bonds. The van der Waals surface area contributed by atoms with Crippen LogP contribution in [0.2, 0.25) is 0 Å². The van der Waals surface area contributed by atoms with Gasteiger partial charge in [0, 0.05) is 43.8 Å². The molecule has 2 heterocycles. The number of rotatable bonds is 4. The van der Waals surface area contributed by atoms with E-state index in [1.165, 1.54) is 33.3 Å². The van der Waals surface area contributed by atoms with Crippen molar-refractivity contribution in [2.24, 2.45) is 0 Å². The zero-order valence-corrected chi connectivity index (χ0v) is 17.0. The first kappa shape index (κ1) is 19.7. The lowest BCUT2D eigenvalue weighted by Gasteiger charge is -2.35. The average Bonchev–Trinajstić information content (AvgIpc) is 2.68. The number of aryl methyl sites for hydroxylation is 3. The molecule has 3 nitrogen and oxygen atoms in total. The van der Waals surface area contributed by atoms with Crippen LogP contribution in [0.15, 0.2) is 54.7 Å². The molecule has 4 heteroatoms. The van der Waals surface area contributed by atoms with Gasteiger partial charge in [-0.3, -0.25) is 4.98 Å². The largest absolute Gasteiger partial charge is 0.369 e. The molecule has 0 bridgehead atoms. The van der Waals surface area contributed by atoms with Gasteiger partial charge in [-0.2, -0.15) is 0 Å². The smallest absolute Gasteiger partial charge is 0.0430 e. The first-order valence-electron chi connectivity index (χ1n) is 9.56. The zero-order valence-electron chi connectivity index (χ0n) is 16.2. The van der Waals surface area contributed by atoms with Crippen LogP contribution in [-0.4, -0.2) is 43.1 Å². The third kappa shape index (κ3) is 4.42. The highest BCUT2D eigenvalue weighted by molar-refractivity contribution is 5.86. The van der Waals surface area contributed by atoms with E-state index >= 15 is 0 Å². The molecule has 1 fully saturated rings. The second kappa shape index (κ2) is 8.73. The molecule has 0 spiro atoms. The molecule has 142 valence electrons. The van der Waals surface area contributed by atoms with Crippen LogP contribution in [0.25, 0.3) is 10.8 Å². The van der Waals surface area contributed by atoms with Gasteiger partial charge in [-0.1, -0.05) is 42.5 Å². The fourth-order valence-electron chi connectivity index (χ4n) is 3.85. The van der Waals surface area contributed by atoms with Gasteiger partial charge in [0.15, 0.2) is 0 Å². The molecule has 1 aliphatic heterocycles. The maximum absolute atomic E-state index is 4.71. The van der Waals surface area contributed by atoms with Crippen molar-refractivity contribution in [3.63, 3.8) is 0 Å². The first-order valence-corrected chi connectivity index (χ1v) is 9.56. The van der Waals surface area contributed by atoms with E-state index in [4.69, 9.17) is 4.98 Å². The molecule has 0 saturated carbocycles. The number of likely N-dealkylation sites (N-methyl/N-ethyl adjacent to an activating group) is 1. The van der Waals surface area contributed by atoms with Crippen LogP contribution < -0.4 is 4.90 Å². The van der Waals surface area contributed by atoms with Crippen molar-refractivity contribution in [1.82, 2.24) is 9.88 Å². The maximum atomic E-state index is 4.71. The quantitative estimate of drug-likeness (QED) is 0.663. The number of aromatic nitrogens is 1. The number of fused-ring (bicyclic) bond motifs is 1. The lowest BCUT2D eigenvalue weighted by molar-refractivity contribution is 0.312. The van der Waals surface area contributed by atoms with E-state index in [1.807, 2.05) is 6.20 Å². The van der Waals surface area contributed by atoms with Crippen molar-refractivity contribution >= 4 is 28.9 Å². The third-order valence-corrected chi connectivity index (χ3v) is 5.51. The summed E-state index contributed by atoms with van der Waals surface area (Å²) in [5, 5.41) is 2.68. The molecular formula is C23H28ClN3. The Morgan fingerprint density at radius 3 is 2.48 bits per heavy atom. The van der Waals surface area contributed by atoms with Crippen LogP contribution in [-0.2, 0) is 12.8 Å². The molecule has 0 N–H and O–H groups in total. The Morgan fingerprint density at radius 2 is 1.67 bits per heavy atom. The third-order valence-electron chi connectivity index (χ3n) is 5.51. The minimum Gasteiger partial charge on any atom is -0.369 e. The molecule has 2 aromatic carbocycles. The van der Waals surface area contributed by atoms with Crippen molar-refractivity contribution in [3.05, 3.63) is 71.5 Å². The van der Waals surface area contributed by atoms with Crippen LogP contribution in [0.5, 0.6) is 0 Å². The Kier molecular flexibility index (Phi) is 6.35. The van der Waals surface area contributed by atoms with Crippen molar-refractivity contribution in [2.45, 2.75) is 19.8 Å². The number of anilines is 1. The molecule has 27 heavy (non-hydrogen) atoms. The van der Waals surface area contributed by atoms with E-state index in [1.54, 1.807) is 0 Å². The number of hydrogen-bond donors (Lipinski definition) is 0. The van der Waals surface area contributed by atoms with Gasteiger partial charge in [0.05, 0.1) is 0 Å². The van der Waals surface area contributed by atoms with E-state index < -0.39 is 0 Å². The predicted molar refractivity (Wildman–Crippen MR) is 117 cm³/mol. The molecule has 4 rings (SSSR count). The van der Waals surface area contributed by atoms with Crippen LogP contribution in [0.1, 0.15) is 16.8 Å². The summed E-state index contributed by atoms with van der Waals surface area (Å²) >= 11 is 0. The predicted octanol–water partition coefficient (Wildman–Crippen LogP) is 4.50. The van der Waals surface area contributed by atoms with E-state index in [-0.39, 0.29) is 12.4 Å². The lowest BCUT2D eigenvalue weighted by atomic mass is 10.00. The number of benzene rings is 2. The van der Waals surface area contributed by atoms with Gasteiger partial charge in [0.1, 0.15) is 0 Å². The molecule has 1 aliphatic rings. The minimum absolute atomic E-state index is 0. The second-order valence-electron chi connectivity index (χ2n) is 7.39. The summed E-state index contributed by atoms with van der Waals surface area (Å²) in [6.45, 7) is 6.64. The van der Waals surface area contributed by atoms with Crippen molar-refractivity contribution in [2.75, 3.05) is 38.1 Å². The number of nitrogens with zero attached hydrogens (tertiary/aromatic N) is 3. The van der Waals surface area contributed by atoms with E-state index in [2.05, 4.69) is 72.3 Å².